The lowest BCUT2D eigenvalue weighted by Crippen LogP contribution is -2.32. The molecule has 0 heterocycles. The van der Waals surface area contributed by atoms with Gasteiger partial charge in [0, 0.05) is 24.7 Å². The van der Waals surface area contributed by atoms with E-state index in [1.165, 1.54) is 12.1 Å². The maximum atomic E-state index is 12.7. The second kappa shape index (κ2) is 4.43. The number of nitrogens with zero attached hydrogens (tertiary/aromatic N) is 1. The summed E-state index contributed by atoms with van der Waals surface area (Å²) in [6, 6.07) is 6.24. The van der Waals surface area contributed by atoms with Crippen LogP contribution < -0.4 is 4.90 Å². The molecule has 0 amide bonds. The molecule has 82 valence electrons. The van der Waals surface area contributed by atoms with Crippen LogP contribution in [0.4, 0.5) is 10.1 Å². The number of carbonyl (C=O) groups excluding carboxylic acids is 1. The summed E-state index contributed by atoms with van der Waals surface area (Å²) in [4.78, 5) is 12.7. The Morgan fingerprint density at radius 3 is 2.33 bits per heavy atom. The molecule has 2 nitrogen and oxygen atoms in total. The van der Waals surface area contributed by atoms with E-state index in [4.69, 9.17) is 0 Å². The van der Waals surface area contributed by atoms with Gasteiger partial charge < -0.3 is 9.69 Å². The number of aldehydes is 1. The second-order valence-electron chi connectivity index (χ2n) is 4.44. The number of rotatable bonds is 4. The van der Waals surface area contributed by atoms with Gasteiger partial charge in [0.1, 0.15) is 12.1 Å². The van der Waals surface area contributed by atoms with Crippen LogP contribution >= 0.6 is 0 Å². The lowest BCUT2D eigenvalue weighted by atomic mass is 9.95. The van der Waals surface area contributed by atoms with Crippen molar-refractivity contribution >= 4 is 12.0 Å². The Morgan fingerprint density at radius 1 is 1.33 bits per heavy atom. The van der Waals surface area contributed by atoms with Crippen molar-refractivity contribution in [2.45, 2.75) is 13.8 Å². The van der Waals surface area contributed by atoms with Crippen molar-refractivity contribution in [3.8, 4) is 0 Å². The maximum absolute atomic E-state index is 12.7. The quantitative estimate of drug-likeness (QED) is 0.710. The molecule has 0 aliphatic heterocycles. The van der Waals surface area contributed by atoms with Crippen molar-refractivity contribution in [1.82, 2.24) is 0 Å². The minimum absolute atomic E-state index is 0.248. The first kappa shape index (κ1) is 11.7. The number of anilines is 1. The maximum Gasteiger partial charge on any atom is 0.127 e. The first-order valence-electron chi connectivity index (χ1n) is 4.88. The molecule has 0 spiro atoms. The molecule has 3 heteroatoms. The van der Waals surface area contributed by atoms with E-state index in [9.17, 15) is 9.18 Å². The van der Waals surface area contributed by atoms with Gasteiger partial charge in [-0.2, -0.15) is 0 Å². The summed E-state index contributed by atoms with van der Waals surface area (Å²) in [5.74, 6) is -0.248. The fourth-order valence-corrected chi connectivity index (χ4v) is 1.44. The van der Waals surface area contributed by atoms with E-state index in [0.29, 0.717) is 6.54 Å². The Labute approximate surface area is 89.7 Å². The van der Waals surface area contributed by atoms with E-state index in [2.05, 4.69) is 0 Å². The standard InChI is InChI=1S/C12H16FNO/c1-12(2,9-15)8-14(3)11-6-4-10(13)5-7-11/h4-7,9H,8H2,1-3H3. The molecule has 0 radical (unpaired) electrons. The van der Waals surface area contributed by atoms with Gasteiger partial charge in [0.2, 0.25) is 0 Å². The number of halogens is 1. The van der Waals surface area contributed by atoms with Crippen LogP contribution in [0.2, 0.25) is 0 Å². The van der Waals surface area contributed by atoms with Gasteiger partial charge in [-0.3, -0.25) is 0 Å². The molecular weight excluding hydrogens is 193 g/mol. The molecule has 1 aromatic carbocycles. The highest BCUT2D eigenvalue weighted by molar-refractivity contribution is 5.60. The van der Waals surface area contributed by atoms with Crippen molar-refractivity contribution < 1.29 is 9.18 Å². The first-order valence-corrected chi connectivity index (χ1v) is 4.88. The molecule has 0 atom stereocenters. The zero-order valence-electron chi connectivity index (χ0n) is 9.33. The van der Waals surface area contributed by atoms with E-state index in [-0.39, 0.29) is 11.2 Å². The van der Waals surface area contributed by atoms with Gasteiger partial charge >= 0.3 is 0 Å². The number of carbonyl (C=O) groups is 1. The van der Waals surface area contributed by atoms with Crippen LogP contribution in [0.1, 0.15) is 13.8 Å². The smallest absolute Gasteiger partial charge is 0.127 e. The summed E-state index contributed by atoms with van der Waals surface area (Å²) in [6.07, 6.45) is 0.938. The Bertz CT molecular complexity index is 332. The number of hydrogen-bond donors (Lipinski definition) is 0. The largest absolute Gasteiger partial charge is 0.374 e. The van der Waals surface area contributed by atoms with Gasteiger partial charge in [0.05, 0.1) is 0 Å². The van der Waals surface area contributed by atoms with E-state index in [1.54, 1.807) is 12.1 Å². The Balaban J connectivity index is 2.73. The molecule has 0 aliphatic rings. The molecule has 0 N–H and O–H groups in total. The molecule has 0 unspecified atom stereocenters. The summed E-state index contributed by atoms with van der Waals surface area (Å²) in [6.45, 7) is 4.36. The summed E-state index contributed by atoms with van der Waals surface area (Å²) in [7, 11) is 1.89. The predicted octanol–water partition coefficient (Wildman–Crippen LogP) is 2.49. The highest BCUT2D eigenvalue weighted by atomic mass is 19.1. The van der Waals surface area contributed by atoms with Crippen LogP contribution in [0.5, 0.6) is 0 Å². The molecule has 0 aliphatic carbocycles. The molecule has 0 fully saturated rings. The van der Waals surface area contributed by atoms with Gasteiger partial charge in [-0.1, -0.05) is 13.8 Å². The number of hydrogen-bond acceptors (Lipinski definition) is 2. The van der Waals surface area contributed by atoms with Gasteiger partial charge in [-0.15, -0.1) is 0 Å². The van der Waals surface area contributed by atoms with Crippen molar-refractivity contribution in [2.24, 2.45) is 5.41 Å². The monoisotopic (exact) mass is 209 g/mol. The predicted molar refractivity (Wildman–Crippen MR) is 59.5 cm³/mol. The Kier molecular flexibility index (Phi) is 3.45. The molecule has 0 aromatic heterocycles. The molecule has 0 saturated carbocycles. The van der Waals surface area contributed by atoms with E-state index >= 15 is 0 Å². The average Bonchev–Trinajstić information content (AvgIpc) is 2.18. The zero-order valence-corrected chi connectivity index (χ0v) is 9.33. The SMILES string of the molecule is CN(CC(C)(C)C=O)c1ccc(F)cc1. The highest BCUT2D eigenvalue weighted by Gasteiger charge is 2.19. The molecule has 0 bridgehead atoms. The third-order valence-corrected chi connectivity index (χ3v) is 2.23. The van der Waals surface area contributed by atoms with Crippen LogP contribution in [-0.4, -0.2) is 19.9 Å². The molecular formula is C12H16FNO. The van der Waals surface area contributed by atoms with Gasteiger partial charge in [-0.05, 0) is 24.3 Å². The second-order valence-corrected chi connectivity index (χ2v) is 4.44. The fourth-order valence-electron chi connectivity index (χ4n) is 1.44. The molecule has 1 aromatic rings. The van der Waals surface area contributed by atoms with Crippen molar-refractivity contribution in [3.63, 3.8) is 0 Å². The fraction of sp³-hybridized carbons (Fsp3) is 0.417. The van der Waals surface area contributed by atoms with Crippen LogP contribution in [0.25, 0.3) is 0 Å². The van der Waals surface area contributed by atoms with E-state index < -0.39 is 0 Å². The molecule has 0 saturated heterocycles. The molecule has 1 rings (SSSR count). The van der Waals surface area contributed by atoms with Crippen LogP contribution in [-0.2, 0) is 4.79 Å². The van der Waals surface area contributed by atoms with E-state index in [1.807, 2.05) is 25.8 Å². The lowest BCUT2D eigenvalue weighted by Gasteiger charge is -2.27. The third kappa shape index (κ3) is 3.35. The summed E-state index contributed by atoms with van der Waals surface area (Å²) in [5, 5.41) is 0. The highest BCUT2D eigenvalue weighted by Crippen LogP contribution is 2.19. The van der Waals surface area contributed by atoms with Crippen molar-refractivity contribution in [1.29, 1.82) is 0 Å². The van der Waals surface area contributed by atoms with Crippen molar-refractivity contribution in [3.05, 3.63) is 30.1 Å². The van der Waals surface area contributed by atoms with Gasteiger partial charge in [0.25, 0.3) is 0 Å². The first-order chi connectivity index (χ1) is 6.94. The van der Waals surface area contributed by atoms with Gasteiger partial charge in [0.15, 0.2) is 0 Å². The summed E-state index contributed by atoms with van der Waals surface area (Å²) < 4.78 is 12.7. The Morgan fingerprint density at radius 2 is 1.87 bits per heavy atom. The summed E-state index contributed by atoms with van der Waals surface area (Å²) in [5.41, 5.74) is 0.523. The Hall–Kier alpha value is -1.38. The van der Waals surface area contributed by atoms with Crippen molar-refractivity contribution in [2.75, 3.05) is 18.5 Å². The van der Waals surface area contributed by atoms with E-state index in [0.717, 1.165) is 12.0 Å². The number of benzene rings is 1. The van der Waals surface area contributed by atoms with Crippen LogP contribution in [0.15, 0.2) is 24.3 Å². The minimum atomic E-state index is -0.386. The van der Waals surface area contributed by atoms with Gasteiger partial charge in [-0.25, -0.2) is 4.39 Å². The molecule has 15 heavy (non-hydrogen) atoms. The zero-order chi connectivity index (χ0) is 11.5. The minimum Gasteiger partial charge on any atom is -0.374 e. The normalized spacial score (nSPS) is 11.2. The topological polar surface area (TPSA) is 20.3 Å². The third-order valence-electron chi connectivity index (χ3n) is 2.23. The van der Waals surface area contributed by atoms with Crippen LogP contribution in [0.3, 0.4) is 0 Å². The average molecular weight is 209 g/mol. The lowest BCUT2D eigenvalue weighted by molar-refractivity contribution is -0.114. The van der Waals surface area contributed by atoms with Crippen LogP contribution in [0, 0.1) is 11.2 Å². The summed E-state index contributed by atoms with van der Waals surface area (Å²) >= 11 is 0.